The first kappa shape index (κ1) is 34.9. The molecule has 0 bridgehead atoms. The van der Waals surface area contributed by atoms with Gasteiger partial charge in [-0.05, 0) is 86.4 Å². The number of aldehydes is 1. The summed E-state index contributed by atoms with van der Waals surface area (Å²) in [6, 6.07) is 14.6. The Hall–Kier alpha value is -3.32. The molecule has 1 fully saturated rings. The van der Waals surface area contributed by atoms with Gasteiger partial charge in [0.1, 0.15) is 17.8 Å². The zero-order valence-corrected chi connectivity index (χ0v) is 26.5. The lowest BCUT2D eigenvalue weighted by molar-refractivity contribution is -0.136. The number of hydrogen-bond acceptors (Lipinski definition) is 5. The maximum absolute atomic E-state index is 13.5. The van der Waals surface area contributed by atoms with Gasteiger partial charge in [0.2, 0.25) is 0 Å². The van der Waals surface area contributed by atoms with E-state index in [1.807, 2.05) is 25.3 Å². The lowest BCUT2D eigenvalue weighted by atomic mass is 9.61. The fourth-order valence-corrected chi connectivity index (χ4v) is 5.34. The number of carboxylic acids is 1. The van der Waals surface area contributed by atoms with E-state index in [-0.39, 0.29) is 23.7 Å². The van der Waals surface area contributed by atoms with Crippen LogP contribution in [0.5, 0.6) is 0 Å². The van der Waals surface area contributed by atoms with Gasteiger partial charge in [-0.15, -0.1) is 0 Å². The van der Waals surface area contributed by atoms with Gasteiger partial charge in [-0.2, -0.15) is 0 Å². The average molecular weight is 580 g/mol. The van der Waals surface area contributed by atoms with Crippen molar-refractivity contribution in [2.75, 3.05) is 13.6 Å². The fraction of sp³-hybridized carbons (Fsp3) is 0.514. The molecule has 2 aromatic carbocycles. The molecule has 1 unspecified atom stereocenters. The monoisotopic (exact) mass is 579 g/mol. The number of halogens is 1. The van der Waals surface area contributed by atoms with Crippen molar-refractivity contribution in [3.05, 3.63) is 83.8 Å². The number of hydrogen-bond donors (Lipinski definition) is 2. The molecular weight excluding hydrogens is 529 g/mol. The second-order valence-corrected chi connectivity index (χ2v) is 12.8. The van der Waals surface area contributed by atoms with E-state index in [0.29, 0.717) is 23.9 Å². The molecule has 3 rings (SSSR count). The molecule has 0 spiro atoms. The third-order valence-electron chi connectivity index (χ3n) is 8.09. The van der Waals surface area contributed by atoms with Crippen LogP contribution in [0, 0.1) is 23.1 Å². The van der Waals surface area contributed by atoms with E-state index >= 15 is 0 Å². The quantitative estimate of drug-likeness (QED) is 0.186. The number of carbonyl (C=O) groups excluding carboxylic acids is 1. The number of rotatable bonds is 13. The van der Waals surface area contributed by atoms with E-state index in [4.69, 9.17) is 10.1 Å². The summed E-state index contributed by atoms with van der Waals surface area (Å²) in [5, 5.41) is 10.7. The predicted molar refractivity (Wildman–Crippen MR) is 170 cm³/mol. The molecule has 1 saturated carbocycles. The van der Waals surface area contributed by atoms with Gasteiger partial charge >= 0.3 is 5.97 Å². The normalized spacial score (nSPS) is 19.3. The molecule has 0 heterocycles. The van der Waals surface area contributed by atoms with Gasteiger partial charge < -0.3 is 15.3 Å². The van der Waals surface area contributed by atoms with Crippen molar-refractivity contribution in [2.24, 2.45) is 22.2 Å². The molecule has 7 heteroatoms. The van der Waals surface area contributed by atoms with E-state index in [9.17, 15) is 14.0 Å². The van der Waals surface area contributed by atoms with Gasteiger partial charge in [0.15, 0.2) is 0 Å². The topological polar surface area (TPSA) is 82.0 Å². The fourth-order valence-electron chi connectivity index (χ4n) is 5.34. The summed E-state index contributed by atoms with van der Waals surface area (Å²) in [5.41, 5.74) is 3.46. The first-order chi connectivity index (χ1) is 19.8. The Morgan fingerprint density at radius 2 is 1.74 bits per heavy atom. The van der Waals surface area contributed by atoms with Crippen LogP contribution in [0.15, 0.2) is 66.3 Å². The molecule has 1 atom stereocenters. The Kier molecular flexibility index (Phi) is 13.1. The van der Waals surface area contributed by atoms with Gasteiger partial charge in [-0.3, -0.25) is 14.6 Å². The van der Waals surface area contributed by atoms with Crippen LogP contribution in [-0.4, -0.2) is 47.2 Å². The number of nitrogens with zero attached hydrogens (tertiary/aromatic N) is 2. The molecule has 1 aliphatic carbocycles. The number of aliphatic carboxylic acids is 1. The molecule has 42 heavy (non-hydrogen) atoms. The summed E-state index contributed by atoms with van der Waals surface area (Å²) in [5.74, 6) is 0.114. The number of aliphatic imine (C=N–C) groups is 1. The largest absolute Gasteiger partial charge is 0.481 e. The molecule has 0 amide bonds. The maximum Gasteiger partial charge on any atom is 0.304 e. The summed E-state index contributed by atoms with van der Waals surface area (Å²) in [4.78, 5) is 28.7. The van der Waals surface area contributed by atoms with Crippen LogP contribution in [-0.2, 0) is 4.79 Å². The summed E-state index contributed by atoms with van der Waals surface area (Å²) in [6.45, 7) is 18.2. The van der Waals surface area contributed by atoms with E-state index in [1.54, 1.807) is 19.2 Å². The molecule has 1 aliphatic rings. The van der Waals surface area contributed by atoms with Gasteiger partial charge in [0.05, 0.1) is 12.5 Å². The smallest absolute Gasteiger partial charge is 0.304 e. The van der Waals surface area contributed by atoms with Gasteiger partial charge in [0, 0.05) is 17.8 Å². The van der Waals surface area contributed by atoms with Crippen LogP contribution in [0.1, 0.15) is 101 Å². The summed E-state index contributed by atoms with van der Waals surface area (Å²) < 4.78 is 13.5. The van der Waals surface area contributed by atoms with Crippen LogP contribution in [0.25, 0.3) is 0 Å². The van der Waals surface area contributed by atoms with Gasteiger partial charge in [0.25, 0.3) is 0 Å². The number of carbonyl (C=O) groups is 2. The average Bonchev–Trinajstić information content (AvgIpc) is 2.92. The molecule has 0 saturated heterocycles. The zero-order valence-electron chi connectivity index (χ0n) is 26.5. The predicted octanol–water partition coefficient (Wildman–Crippen LogP) is 7.90. The minimum Gasteiger partial charge on any atom is -0.481 e. The van der Waals surface area contributed by atoms with Crippen molar-refractivity contribution in [1.29, 1.82) is 0 Å². The Labute approximate surface area is 252 Å². The Bertz CT molecular complexity index is 1180. The lowest BCUT2D eigenvalue weighted by Gasteiger charge is -2.57. The highest BCUT2D eigenvalue weighted by molar-refractivity contribution is 5.99. The Morgan fingerprint density at radius 1 is 1.14 bits per heavy atom. The standard InChI is InChI=1S/C31H41FN2O.C4H9NO2/c1-8-34(29(18-9-22(2)3)26-12-10-24(21-35)11-13-26)31(19-27(20-31)30(5,6)7)33-23(4)25-14-16-28(32)17-15-25;1-5-3-2-4(6)7/h8,10-17,21-22,27,29H,1,9,18-20H2,2-7H3;5H,2-3H2,1H3,(H,6,7)/b33-23+;. The van der Waals surface area contributed by atoms with Gasteiger partial charge in [-0.25, -0.2) is 4.39 Å². The Morgan fingerprint density at radius 3 is 2.17 bits per heavy atom. The molecular formula is C35H50FN3O3. The molecule has 6 nitrogen and oxygen atoms in total. The second kappa shape index (κ2) is 15.8. The molecule has 230 valence electrons. The van der Waals surface area contributed by atoms with Crippen molar-refractivity contribution >= 4 is 18.0 Å². The lowest BCUT2D eigenvalue weighted by Crippen LogP contribution is -2.58. The van der Waals surface area contributed by atoms with Crippen molar-refractivity contribution < 1.29 is 19.1 Å². The number of carboxylic acid groups (broad SMARTS) is 1. The molecule has 0 radical (unpaired) electrons. The van der Waals surface area contributed by atoms with E-state index in [0.717, 1.165) is 43.2 Å². The molecule has 0 aliphatic heterocycles. The van der Waals surface area contributed by atoms with Crippen molar-refractivity contribution in [3.8, 4) is 0 Å². The van der Waals surface area contributed by atoms with Crippen LogP contribution in [0.3, 0.4) is 0 Å². The number of nitrogens with one attached hydrogen (secondary N) is 1. The van der Waals surface area contributed by atoms with Crippen LogP contribution >= 0.6 is 0 Å². The Balaban J connectivity index is 0.000000782. The molecule has 2 N–H and O–H groups in total. The zero-order chi connectivity index (χ0) is 31.5. The maximum atomic E-state index is 13.5. The highest BCUT2D eigenvalue weighted by Gasteiger charge is 2.53. The highest BCUT2D eigenvalue weighted by Crippen LogP contribution is 2.54. The first-order valence-corrected chi connectivity index (χ1v) is 14.9. The molecule has 0 aromatic heterocycles. The molecule has 2 aromatic rings. The SMILES string of the molecule is C=CN(C(CCC(C)C)c1ccc(C=O)cc1)C1(/N=C(\C)c2ccc(F)cc2)CC(C(C)(C)C)C1.CNCCC(=O)O. The van der Waals surface area contributed by atoms with E-state index in [2.05, 4.69) is 63.5 Å². The van der Waals surface area contributed by atoms with Crippen molar-refractivity contribution in [3.63, 3.8) is 0 Å². The highest BCUT2D eigenvalue weighted by atomic mass is 19.1. The van der Waals surface area contributed by atoms with Crippen LogP contribution in [0.2, 0.25) is 0 Å². The van der Waals surface area contributed by atoms with Crippen LogP contribution in [0.4, 0.5) is 4.39 Å². The second-order valence-electron chi connectivity index (χ2n) is 12.8. The summed E-state index contributed by atoms with van der Waals surface area (Å²) in [6.07, 6.45) is 6.96. The van der Waals surface area contributed by atoms with Crippen molar-refractivity contribution in [1.82, 2.24) is 10.2 Å². The van der Waals surface area contributed by atoms with E-state index in [1.165, 1.54) is 17.7 Å². The summed E-state index contributed by atoms with van der Waals surface area (Å²) in [7, 11) is 1.73. The minimum atomic E-state index is -0.755. The minimum absolute atomic E-state index is 0.0984. The third-order valence-corrected chi connectivity index (χ3v) is 8.09. The van der Waals surface area contributed by atoms with Crippen molar-refractivity contribution in [2.45, 2.75) is 85.4 Å². The summed E-state index contributed by atoms with van der Waals surface area (Å²) >= 11 is 0. The van der Waals surface area contributed by atoms with Gasteiger partial charge in [-0.1, -0.05) is 77.6 Å². The van der Waals surface area contributed by atoms with E-state index < -0.39 is 11.6 Å². The third kappa shape index (κ3) is 9.90. The van der Waals surface area contributed by atoms with Crippen LogP contribution < -0.4 is 5.32 Å². The first-order valence-electron chi connectivity index (χ1n) is 14.9. The number of benzene rings is 2.